The van der Waals surface area contributed by atoms with E-state index in [0.717, 1.165) is 54.5 Å². The summed E-state index contributed by atoms with van der Waals surface area (Å²) >= 11 is 0. The summed E-state index contributed by atoms with van der Waals surface area (Å²) in [6.45, 7) is 4.05. The van der Waals surface area contributed by atoms with E-state index in [1.807, 2.05) is 26.4 Å². The molecule has 2 heterocycles. The summed E-state index contributed by atoms with van der Waals surface area (Å²) in [4.78, 5) is 14.6. The second-order valence-corrected chi connectivity index (χ2v) is 8.88. The SMILES string of the molecule is COC1CCC2(CC1)Cc1ccc(-c3cncc(C)c3)cc1C21N=C(C)C(N)=N1. The highest BCUT2D eigenvalue weighted by molar-refractivity contribution is 6.41. The third kappa shape index (κ3) is 2.67. The van der Waals surface area contributed by atoms with E-state index >= 15 is 0 Å². The highest BCUT2D eigenvalue weighted by atomic mass is 16.5. The first kappa shape index (κ1) is 18.5. The zero-order valence-electron chi connectivity index (χ0n) is 17.4. The molecule has 1 aromatic heterocycles. The van der Waals surface area contributed by atoms with Gasteiger partial charge in [-0.15, -0.1) is 0 Å². The summed E-state index contributed by atoms with van der Waals surface area (Å²) in [5.41, 5.74) is 12.5. The molecule has 1 aliphatic heterocycles. The first-order valence-corrected chi connectivity index (χ1v) is 10.5. The van der Waals surface area contributed by atoms with Gasteiger partial charge < -0.3 is 10.5 Å². The third-order valence-corrected chi connectivity index (χ3v) is 7.17. The number of fused-ring (bicyclic) bond motifs is 3. The molecule has 0 radical (unpaired) electrons. The Morgan fingerprint density at radius 2 is 1.83 bits per heavy atom. The van der Waals surface area contributed by atoms with Crippen LogP contribution in [0.2, 0.25) is 0 Å². The molecular weight excluding hydrogens is 360 g/mol. The van der Waals surface area contributed by atoms with Gasteiger partial charge in [-0.3, -0.25) is 9.98 Å². The highest BCUT2D eigenvalue weighted by Crippen LogP contribution is 2.62. The van der Waals surface area contributed by atoms with E-state index in [2.05, 4.69) is 36.2 Å². The van der Waals surface area contributed by atoms with Crippen LogP contribution < -0.4 is 5.73 Å². The van der Waals surface area contributed by atoms with Crippen molar-refractivity contribution < 1.29 is 4.74 Å². The molecule has 150 valence electrons. The smallest absolute Gasteiger partial charge is 0.184 e. The number of amidine groups is 1. The molecule has 5 heteroatoms. The lowest BCUT2D eigenvalue weighted by molar-refractivity contribution is -0.000372. The van der Waals surface area contributed by atoms with Gasteiger partial charge in [-0.25, -0.2) is 4.99 Å². The number of rotatable bonds is 2. The Bertz CT molecular complexity index is 1010. The van der Waals surface area contributed by atoms with Crippen LogP contribution in [0.3, 0.4) is 0 Å². The number of nitrogens with two attached hydrogens (primary N) is 1. The molecule has 29 heavy (non-hydrogen) atoms. The van der Waals surface area contributed by atoms with Gasteiger partial charge in [0.25, 0.3) is 0 Å². The van der Waals surface area contributed by atoms with Crippen molar-refractivity contribution in [1.29, 1.82) is 0 Å². The number of benzene rings is 1. The number of methoxy groups -OCH3 is 1. The van der Waals surface area contributed by atoms with Gasteiger partial charge in [0.2, 0.25) is 0 Å². The van der Waals surface area contributed by atoms with E-state index in [1.165, 1.54) is 11.1 Å². The number of aryl methyl sites for hydroxylation is 1. The van der Waals surface area contributed by atoms with Crippen LogP contribution in [-0.2, 0) is 16.8 Å². The summed E-state index contributed by atoms with van der Waals surface area (Å²) in [5, 5.41) is 0. The van der Waals surface area contributed by atoms with Crippen molar-refractivity contribution in [3.8, 4) is 11.1 Å². The minimum absolute atomic E-state index is 0.0176. The largest absolute Gasteiger partial charge is 0.382 e. The Balaban J connectivity index is 1.65. The van der Waals surface area contributed by atoms with Gasteiger partial charge in [0.05, 0.1) is 11.8 Å². The number of ether oxygens (including phenoxy) is 1. The van der Waals surface area contributed by atoms with Crippen LogP contribution in [-0.4, -0.2) is 29.7 Å². The van der Waals surface area contributed by atoms with Crippen LogP contribution in [0.1, 0.15) is 49.3 Å². The van der Waals surface area contributed by atoms with E-state index < -0.39 is 5.66 Å². The Labute approximate surface area is 172 Å². The van der Waals surface area contributed by atoms with E-state index in [4.69, 9.17) is 20.5 Å². The van der Waals surface area contributed by atoms with Crippen LogP contribution in [0.25, 0.3) is 11.1 Å². The summed E-state index contributed by atoms with van der Waals surface area (Å²) in [5.74, 6) is 0.578. The average Bonchev–Trinajstić information content (AvgIpc) is 3.16. The molecule has 2 aliphatic carbocycles. The molecule has 0 bridgehead atoms. The number of hydrogen-bond donors (Lipinski definition) is 1. The minimum Gasteiger partial charge on any atom is -0.382 e. The maximum absolute atomic E-state index is 6.29. The molecule has 0 saturated heterocycles. The maximum Gasteiger partial charge on any atom is 0.184 e. The Hall–Kier alpha value is -2.53. The Kier molecular flexibility index (Phi) is 4.14. The normalized spacial score (nSPS) is 30.5. The molecule has 1 fully saturated rings. The van der Waals surface area contributed by atoms with Crippen LogP contribution in [0.5, 0.6) is 0 Å². The Morgan fingerprint density at radius 1 is 1.03 bits per heavy atom. The summed E-state index contributed by atoms with van der Waals surface area (Å²) in [6.07, 6.45) is 9.34. The standard InChI is InChI=1S/C24H28N4O/c1-15-10-19(14-26-13-15)17-4-5-18-12-23(8-6-20(29-3)7-9-23)24(21(18)11-17)27-16(2)22(25)28-24/h4-5,10-11,13-14,20H,6-9,12H2,1-3H3,(H2,25,28). The fourth-order valence-corrected chi connectivity index (χ4v) is 5.56. The number of pyridine rings is 1. The van der Waals surface area contributed by atoms with Crippen molar-refractivity contribution in [1.82, 2.24) is 4.98 Å². The molecule has 5 rings (SSSR count). The van der Waals surface area contributed by atoms with E-state index in [1.54, 1.807) is 0 Å². The number of hydrogen-bond acceptors (Lipinski definition) is 5. The van der Waals surface area contributed by atoms with Crippen molar-refractivity contribution in [2.45, 2.75) is 57.7 Å². The predicted molar refractivity (Wildman–Crippen MR) is 116 cm³/mol. The summed E-state index contributed by atoms with van der Waals surface area (Å²) in [6, 6.07) is 8.93. The molecular formula is C24H28N4O. The van der Waals surface area contributed by atoms with Crippen molar-refractivity contribution in [2.75, 3.05) is 7.11 Å². The average molecular weight is 389 g/mol. The van der Waals surface area contributed by atoms with Crippen molar-refractivity contribution >= 4 is 11.5 Å². The fraction of sp³-hybridized carbons (Fsp3) is 0.458. The topological polar surface area (TPSA) is 72.9 Å². The molecule has 1 aromatic carbocycles. The molecule has 1 unspecified atom stereocenters. The Morgan fingerprint density at radius 3 is 2.48 bits per heavy atom. The van der Waals surface area contributed by atoms with Crippen LogP contribution in [0.4, 0.5) is 0 Å². The second kappa shape index (κ2) is 6.49. The van der Waals surface area contributed by atoms with Gasteiger partial charge in [-0.2, -0.15) is 0 Å². The van der Waals surface area contributed by atoms with Gasteiger partial charge >= 0.3 is 0 Å². The van der Waals surface area contributed by atoms with E-state index in [-0.39, 0.29) is 5.41 Å². The van der Waals surface area contributed by atoms with Gasteiger partial charge in [0.1, 0.15) is 5.84 Å². The van der Waals surface area contributed by atoms with Gasteiger partial charge in [-0.1, -0.05) is 12.1 Å². The summed E-state index contributed by atoms with van der Waals surface area (Å²) < 4.78 is 5.65. The van der Waals surface area contributed by atoms with Gasteiger partial charge in [0.15, 0.2) is 5.66 Å². The molecule has 0 amide bonds. The minimum atomic E-state index is -0.595. The first-order chi connectivity index (χ1) is 14.0. The zero-order chi connectivity index (χ0) is 20.2. The van der Waals surface area contributed by atoms with Crippen molar-refractivity contribution in [3.05, 3.63) is 53.3 Å². The van der Waals surface area contributed by atoms with Crippen molar-refractivity contribution in [2.24, 2.45) is 21.1 Å². The van der Waals surface area contributed by atoms with Crippen LogP contribution >= 0.6 is 0 Å². The number of aromatic nitrogens is 1. The number of aliphatic imine (C=N–C) groups is 2. The van der Waals surface area contributed by atoms with E-state index in [0.29, 0.717) is 11.9 Å². The van der Waals surface area contributed by atoms with Crippen molar-refractivity contribution in [3.63, 3.8) is 0 Å². The molecule has 1 saturated carbocycles. The van der Waals surface area contributed by atoms with Gasteiger partial charge in [-0.05, 0) is 74.8 Å². The maximum atomic E-state index is 6.29. The fourth-order valence-electron chi connectivity index (χ4n) is 5.56. The monoisotopic (exact) mass is 388 g/mol. The quantitative estimate of drug-likeness (QED) is 0.839. The zero-order valence-corrected chi connectivity index (χ0v) is 17.4. The third-order valence-electron chi connectivity index (χ3n) is 7.17. The lowest BCUT2D eigenvalue weighted by Gasteiger charge is -2.44. The molecule has 2 N–H and O–H groups in total. The molecule has 3 aliphatic rings. The molecule has 1 atom stereocenters. The molecule has 2 aromatic rings. The molecule has 5 nitrogen and oxygen atoms in total. The summed E-state index contributed by atoms with van der Waals surface area (Å²) in [7, 11) is 1.82. The van der Waals surface area contributed by atoms with E-state index in [9.17, 15) is 0 Å². The number of nitrogens with zero attached hydrogens (tertiary/aromatic N) is 3. The first-order valence-electron chi connectivity index (χ1n) is 10.5. The molecule has 2 spiro atoms. The lowest BCUT2D eigenvalue weighted by Crippen LogP contribution is -2.43. The highest BCUT2D eigenvalue weighted by Gasteiger charge is 2.60. The second-order valence-electron chi connectivity index (χ2n) is 8.88. The lowest BCUT2D eigenvalue weighted by atomic mass is 9.65. The predicted octanol–water partition coefficient (Wildman–Crippen LogP) is 4.17. The van der Waals surface area contributed by atoms with Crippen LogP contribution in [0, 0.1) is 12.3 Å². The van der Waals surface area contributed by atoms with Crippen LogP contribution in [0.15, 0.2) is 46.6 Å². The van der Waals surface area contributed by atoms with Gasteiger partial charge in [0, 0.05) is 36.0 Å².